The molecule has 1 saturated heterocycles. The monoisotopic (exact) mass is 342 g/mol. The zero-order valence-electron chi connectivity index (χ0n) is 11.4. The number of nitrogens with two attached hydrogens (primary N) is 1. The van der Waals surface area contributed by atoms with Gasteiger partial charge >= 0.3 is 0 Å². The fourth-order valence-corrected chi connectivity index (χ4v) is 5.69. The van der Waals surface area contributed by atoms with Gasteiger partial charge in [0, 0.05) is 15.9 Å². The van der Waals surface area contributed by atoms with Gasteiger partial charge < -0.3 is 5.73 Å². The second-order valence-corrected chi connectivity index (χ2v) is 7.93. The summed E-state index contributed by atoms with van der Waals surface area (Å²) in [6, 6.07) is 2.55. The molecule has 0 amide bonds. The second kappa shape index (κ2) is 5.84. The van der Waals surface area contributed by atoms with Gasteiger partial charge in [0.25, 0.3) is 0 Å². The van der Waals surface area contributed by atoms with E-state index in [4.69, 9.17) is 5.73 Å². The zero-order valence-corrected chi connectivity index (χ0v) is 13.8. The third-order valence-corrected chi connectivity index (χ3v) is 7.11. The fourth-order valence-electron chi connectivity index (χ4n) is 3.90. The molecule has 4 heteroatoms. The highest BCUT2D eigenvalue weighted by atomic mass is 79.9. The Morgan fingerprint density at radius 2 is 1.95 bits per heavy atom. The van der Waals surface area contributed by atoms with E-state index in [-0.39, 0.29) is 0 Å². The molecule has 3 rings (SSSR count). The van der Waals surface area contributed by atoms with Crippen LogP contribution in [0.3, 0.4) is 0 Å². The van der Waals surface area contributed by atoms with Crippen LogP contribution in [0.25, 0.3) is 0 Å². The van der Waals surface area contributed by atoms with Crippen molar-refractivity contribution in [2.24, 2.45) is 11.1 Å². The standard InChI is InChI=1S/C15H23BrN2S/c16-12-3-10-19-14(12)13(11-17)18-8-6-15(7-9-18)4-1-2-5-15/h3,10,13H,1-2,4-9,11,17H2. The van der Waals surface area contributed by atoms with Crippen molar-refractivity contribution >= 4 is 27.3 Å². The molecule has 2 nitrogen and oxygen atoms in total. The van der Waals surface area contributed by atoms with E-state index >= 15 is 0 Å². The predicted molar refractivity (Wildman–Crippen MR) is 85.5 cm³/mol. The Hall–Kier alpha value is 0.1000. The summed E-state index contributed by atoms with van der Waals surface area (Å²) in [4.78, 5) is 4.02. The maximum Gasteiger partial charge on any atom is 0.0575 e. The highest BCUT2D eigenvalue weighted by molar-refractivity contribution is 9.10. The average molecular weight is 343 g/mol. The van der Waals surface area contributed by atoms with Crippen LogP contribution < -0.4 is 5.73 Å². The van der Waals surface area contributed by atoms with E-state index in [1.54, 1.807) is 0 Å². The molecule has 1 aromatic rings. The first-order valence-corrected chi connectivity index (χ1v) is 9.08. The number of likely N-dealkylation sites (tertiary alicyclic amines) is 1. The third-order valence-electron chi connectivity index (χ3n) is 5.13. The summed E-state index contributed by atoms with van der Waals surface area (Å²) in [6.07, 6.45) is 8.61. The van der Waals surface area contributed by atoms with Crippen LogP contribution in [0.2, 0.25) is 0 Å². The molecule has 106 valence electrons. The highest BCUT2D eigenvalue weighted by Crippen LogP contribution is 2.47. The summed E-state index contributed by atoms with van der Waals surface area (Å²) in [6.45, 7) is 3.19. The molecule has 1 aliphatic heterocycles. The van der Waals surface area contributed by atoms with Gasteiger partial charge in [-0.15, -0.1) is 11.3 Å². The highest BCUT2D eigenvalue weighted by Gasteiger charge is 2.38. The van der Waals surface area contributed by atoms with E-state index in [1.807, 2.05) is 11.3 Å². The SMILES string of the molecule is NCC(c1sccc1Br)N1CCC2(CCCC2)CC1. The van der Waals surface area contributed by atoms with Gasteiger partial charge in [0.05, 0.1) is 6.04 Å². The third kappa shape index (κ3) is 2.78. The lowest BCUT2D eigenvalue weighted by molar-refractivity contribution is 0.0789. The van der Waals surface area contributed by atoms with Crippen molar-refractivity contribution in [2.75, 3.05) is 19.6 Å². The van der Waals surface area contributed by atoms with Crippen LogP contribution in [0.1, 0.15) is 49.4 Å². The van der Waals surface area contributed by atoms with Gasteiger partial charge in [0.15, 0.2) is 0 Å². The van der Waals surface area contributed by atoms with Gasteiger partial charge in [-0.05, 0) is 71.6 Å². The van der Waals surface area contributed by atoms with Gasteiger partial charge in [-0.1, -0.05) is 12.8 Å². The van der Waals surface area contributed by atoms with Crippen LogP contribution >= 0.6 is 27.3 Å². The van der Waals surface area contributed by atoms with E-state index in [1.165, 1.54) is 61.0 Å². The minimum absolute atomic E-state index is 0.410. The molecular weight excluding hydrogens is 320 g/mol. The number of hydrogen-bond acceptors (Lipinski definition) is 3. The number of halogens is 1. The van der Waals surface area contributed by atoms with Crippen LogP contribution in [0.4, 0.5) is 0 Å². The van der Waals surface area contributed by atoms with E-state index in [0.29, 0.717) is 11.5 Å². The molecule has 1 unspecified atom stereocenters. The second-order valence-electron chi connectivity index (χ2n) is 6.13. The molecule has 1 spiro atoms. The summed E-state index contributed by atoms with van der Waals surface area (Å²) < 4.78 is 1.23. The molecule has 1 saturated carbocycles. The first kappa shape index (κ1) is 14.1. The topological polar surface area (TPSA) is 29.3 Å². The number of thiophene rings is 1. The minimum Gasteiger partial charge on any atom is -0.329 e. The first-order valence-electron chi connectivity index (χ1n) is 7.41. The molecule has 1 aromatic heterocycles. The Morgan fingerprint density at radius 3 is 2.47 bits per heavy atom. The predicted octanol–water partition coefficient (Wildman–Crippen LogP) is 4.17. The molecule has 2 N–H and O–H groups in total. The quantitative estimate of drug-likeness (QED) is 0.893. The zero-order chi connectivity index (χ0) is 13.3. The fraction of sp³-hybridized carbons (Fsp3) is 0.733. The van der Waals surface area contributed by atoms with Crippen LogP contribution in [-0.4, -0.2) is 24.5 Å². The molecule has 1 aliphatic carbocycles. The lowest BCUT2D eigenvalue weighted by Gasteiger charge is -2.42. The van der Waals surface area contributed by atoms with Gasteiger partial charge in [-0.2, -0.15) is 0 Å². The van der Waals surface area contributed by atoms with Crippen molar-refractivity contribution in [3.63, 3.8) is 0 Å². The van der Waals surface area contributed by atoms with Crippen molar-refractivity contribution < 1.29 is 0 Å². The Labute approximate surface area is 128 Å². The molecule has 0 aromatic carbocycles. The van der Waals surface area contributed by atoms with Crippen LogP contribution in [0.5, 0.6) is 0 Å². The van der Waals surface area contributed by atoms with Crippen molar-refractivity contribution in [3.05, 3.63) is 20.8 Å². The van der Waals surface area contributed by atoms with Gasteiger partial charge in [-0.25, -0.2) is 0 Å². The lowest BCUT2D eigenvalue weighted by Crippen LogP contribution is -2.42. The average Bonchev–Trinajstić information content (AvgIpc) is 3.04. The molecular formula is C15H23BrN2S. The molecule has 2 fully saturated rings. The Kier molecular flexibility index (Phi) is 4.32. The molecule has 2 aliphatic rings. The van der Waals surface area contributed by atoms with E-state index in [0.717, 1.165) is 6.54 Å². The number of hydrogen-bond donors (Lipinski definition) is 1. The van der Waals surface area contributed by atoms with E-state index in [9.17, 15) is 0 Å². The van der Waals surface area contributed by atoms with Crippen LogP contribution in [0, 0.1) is 5.41 Å². The molecule has 1 atom stereocenters. The normalized spacial score (nSPS) is 24.9. The maximum absolute atomic E-state index is 6.05. The molecule has 0 radical (unpaired) electrons. The van der Waals surface area contributed by atoms with E-state index < -0.39 is 0 Å². The molecule has 19 heavy (non-hydrogen) atoms. The Bertz CT molecular complexity index is 416. The largest absolute Gasteiger partial charge is 0.329 e. The summed E-state index contributed by atoms with van der Waals surface area (Å²) in [5, 5.41) is 2.16. The molecule has 2 heterocycles. The summed E-state index contributed by atoms with van der Waals surface area (Å²) in [7, 11) is 0. The van der Waals surface area contributed by atoms with Crippen molar-refractivity contribution in [1.29, 1.82) is 0 Å². The number of nitrogens with zero attached hydrogens (tertiary/aromatic N) is 1. The van der Waals surface area contributed by atoms with Crippen molar-refractivity contribution in [3.8, 4) is 0 Å². The lowest BCUT2D eigenvalue weighted by atomic mass is 9.77. The minimum atomic E-state index is 0.410. The van der Waals surface area contributed by atoms with Crippen LogP contribution in [0.15, 0.2) is 15.9 Å². The maximum atomic E-state index is 6.05. The molecule has 0 bridgehead atoms. The number of rotatable bonds is 3. The summed E-state index contributed by atoms with van der Waals surface area (Å²) in [5.41, 5.74) is 6.75. The first-order chi connectivity index (χ1) is 9.24. The summed E-state index contributed by atoms with van der Waals surface area (Å²) >= 11 is 5.49. The van der Waals surface area contributed by atoms with Gasteiger partial charge in [0.1, 0.15) is 0 Å². The Morgan fingerprint density at radius 1 is 1.26 bits per heavy atom. The van der Waals surface area contributed by atoms with E-state index in [2.05, 4.69) is 32.3 Å². The van der Waals surface area contributed by atoms with Crippen molar-refractivity contribution in [1.82, 2.24) is 4.90 Å². The van der Waals surface area contributed by atoms with Crippen LogP contribution in [-0.2, 0) is 0 Å². The van der Waals surface area contributed by atoms with Crippen molar-refractivity contribution in [2.45, 2.75) is 44.6 Å². The number of piperidine rings is 1. The Balaban J connectivity index is 1.68. The smallest absolute Gasteiger partial charge is 0.0575 e. The summed E-state index contributed by atoms with van der Waals surface area (Å²) in [5.74, 6) is 0. The van der Waals surface area contributed by atoms with Gasteiger partial charge in [-0.3, -0.25) is 4.90 Å². The van der Waals surface area contributed by atoms with Gasteiger partial charge in [0.2, 0.25) is 0 Å².